The van der Waals surface area contributed by atoms with Gasteiger partial charge in [0.2, 0.25) is 0 Å². The van der Waals surface area contributed by atoms with Gasteiger partial charge in [-0.1, -0.05) is 30.3 Å². The van der Waals surface area contributed by atoms with Crippen LogP contribution in [0, 0.1) is 6.92 Å². The van der Waals surface area contributed by atoms with Gasteiger partial charge in [0.1, 0.15) is 11.4 Å². The van der Waals surface area contributed by atoms with E-state index in [0.717, 1.165) is 22.6 Å². The molecule has 0 spiro atoms. The Kier molecular flexibility index (Phi) is 5.28. The lowest BCUT2D eigenvalue weighted by molar-refractivity contribution is -0.274. The molecule has 0 aliphatic carbocycles. The first-order valence-corrected chi connectivity index (χ1v) is 9.98. The molecule has 5 nitrogen and oxygen atoms in total. The van der Waals surface area contributed by atoms with Crippen LogP contribution in [-0.4, -0.2) is 18.2 Å². The van der Waals surface area contributed by atoms with E-state index in [1.54, 1.807) is 48.7 Å². The molecule has 2 aromatic carbocycles. The Bertz CT molecular complexity index is 1190. The number of benzene rings is 2. The minimum absolute atomic E-state index is 0.0140. The summed E-state index contributed by atoms with van der Waals surface area (Å²) < 4.78 is 41.6. The van der Waals surface area contributed by atoms with Gasteiger partial charge >= 0.3 is 6.36 Å². The second-order valence-corrected chi connectivity index (χ2v) is 7.61. The quantitative estimate of drug-likeness (QED) is 0.539. The zero-order valence-electron chi connectivity index (χ0n) is 16.1. The Labute approximate surface area is 179 Å². The molecule has 158 valence electrons. The first-order chi connectivity index (χ1) is 14.7. The Morgan fingerprint density at radius 1 is 0.968 bits per heavy atom. The van der Waals surface area contributed by atoms with Crippen molar-refractivity contribution in [2.75, 3.05) is 10.2 Å². The van der Waals surface area contributed by atoms with E-state index in [1.807, 2.05) is 0 Å². The highest BCUT2D eigenvalue weighted by atomic mass is 32.1. The van der Waals surface area contributed by atoms with Crippen LogP contribution in [0.25, 0.3) is 5.57 Å². The Hall–Kier alpha value is -3.59. The molecule has 0 radical (unpaired) electrons. The zero-order chi connectivity index (χ0) is 22.2. The van der Waals surface area contributed by atoms with E-state index < -0.39 is 23.9 Å². The van der Waals surface area contributed by atoms with Gasteiger partial charge in [0.05, 0.1) is 11.3 Å². The van der Waals surface area contributed by atoms with Crippen LogP contribution in [0.15, 0.2) is 71.7 Å². The van der Waals surface area contributed by atoms with Crippen molar-refractivity contribution in [1.29, 1.82) is 0 Å². The van der Waals surface area contributed by atoms with Gasteiger partial charge in [0, 0.05) is 16.6 Å². The summed E-state index contributed by atoms with van der Waals surface area (Å²) in [4.78, 5) is 28.2. The molecule has 0 unspecified atom stereocenters. The lowest BCUT2D eigenvalue weighted by Gasteiger charge is -2.17. The summed E-state index contributed by atoms with van der Waals surface area (Å²) in [5.41, 5.74) is 1.50. The lowest BCUT2D eigenvalue weighted by atomic mass is 10.1. The van der Waals surface area contributed by atoms with Crippen LogP contribution in [0.2, 0.25) is 0 Å². The molecule has 2 heterocycles. The average molecular weight is 444 g/mol. The number of ether oxygens (including phenoxy) is 1. The van der Waals surface area contributed by atoms with Gasteiger partial charge in [-0.2, -0.15) is 0 Å². The van der Waals surface area contributed by atoms with Crippen molar-refractivity contribution in [3.05, 3.63) is 82.2 Å². The number of aryl methyl sites for hydroxylation is 1. The van der Waals surface area contributed by atoms with Gasteiger partial charge in [-0.3, -0.25) is 9.59 Å². The number of rotatable bonds is 5. The molecule has 1 aliphatic heterocycles. The molecule has 1 N–H and O–H groups in total. The van der Waals surface area contributed by atoms with Crippen molar-refractivity contribution < 1.29 is 27.5 Å². The molecule has 9 heteroatoms. The van der Waals surface area contributed by atoms with Gasteiger partial charge in [-0.05, 0) is 42.1 Å². The van der Waals surface area contributed by atoms with Gasteiger partial charge in [0.15, 0.2) is 0 Å². The highest BCUT2D eigenvalue weighted by molar-refractivity contribution is 7.11. The van der Waals surface area contributed by atoms with Gasteiger partial charge in [-0.25, -0.2) is 4.90 Å². The van der Waals surface area contributed by atoms with Crippen LogP contribution in [0.1, 0.15) is 10.4 Å². The maximum atomic E-state index is 13.3. The largest absolute Gasteiger partial charge is 0.573 e. The summed E-state index contributed by atoms with van der Waals surface area (Å²) in [5.74, 6) is -1.54. The maximum absolute atomic E-state index is 13.3. The minimum atomic E-state index is -4.85. The summed E-state index contributed by atoms with van der Waals surface area (Å²) in [5, 5.41) is 4.60. The Morgan fingerprint density at radius 2 is 1.74 bits per heavy atom. The minimum Gasteiger partial charge on any atom is -0.406 e. The van der Waals surface area contributed by atoms with Crippen LogP contribution in [0.3, 0.4) is 0 Å². The number of anilines is 2. The molecular formula is C22H15F3N2O3S. The number of nitrogens with one attached hydrogen (secondary N) is 1. The van der Waals surface area contributed by atoms with Gasteiger partial charge < -0.3 is 10.1 Å². The fourth-order valence-electron chi connectivity index (χ4n) is 3.24. The Morgan fingerprint density at radius 3 is 2.42 bits per heavy atom. The third kappa shape index (κ3) is 4.17. The second kappa shape index (κ2) is 7.92. The van der Waals surface area contributed by atoms with E-state index in [9.17, 15) is 22.8 Å². The third-order valence-corrected chi connectivity index (χ3v) is 5.43. The molecule has 0 saturated carbocycles. The number of nitrogens with zero attached hydrogens (tertiary/aromatic N) is 1. The highest BCUT2D eigenvalue weighted by Crippen LogP contribution is 2.37. The van der Waals surface area contributed by atoms with Crippen molar-refractivity contribution in [3.63, 3.8) is 0 Å². The number of para-hydroxylation sites is 1. The van der Waals surface area contributed by atoms with Crippen molar-refractivity contribution in [2.45, 2.75) is 13.3 Å². The molecule has 0 atom stereocenters. The number of alkyl halides is 3. The second-order valence-electron chi connectivity index (χ2n) is 6.66. The van der Waals surface area contributed by atoms with Crippen molar-refractivity contribution in [1.82, 2.24) is 0 Å². The molecule has 31 heavy (non-hydrogen) atoms. The van der Waals surface area contributed by atoms with E-state index in [4.69, 9.17) is 0 Å². The number of imide groups is 1. The van der Waals surface area contributed by atoms with Crippen LogP contribution in [0.4, 0.5) is 24.5 Å². The number of hydrogen-bond donors (Lipinski definition) is 1. The molecule has 2 amide bonds. The number of hydrogen-bond acceptors (Lipinski definition) is 5. The third-order valence-electron chi connectivity index (χ3n) is 4.54. The Balaban J connectivity index is 1.75. The number of amides is 2. The summed E-state index contributed by atoms with van der Waals surface area (Å²) in [7, 11) is 0. The van der Waals surface area contributed by atoms with Crippen LogP contribution >= 0.6 is 11.3 Å². The number of halogens is 3. The molecule has 4 rings (SSSR count). The smallest absolute Gasteiger partial charge is 0.406 e. The lowest BCUT2D eigenvalue weighted by Crippen LogP contribution is -2.32. The van der Waals surface area contributed by atoms with Crippen molar-refractivity contribution in [3.8, 4) is 5.75 Å². The predicted octanol–water partition coefficient (Wildman–Crippen LogP) is 5.35. The van der Waals surface area contributed by atoms with E-state index in [0.29, 0.717) is 10.6 Å². The zero-order valence-corrected chi connectivity index (χ0v) is 16.9. The maximum Gasteiger partial charge on any atom is 0.573 e. The molecule has 0 bridgehead atoms. The standard InChI is InChI=1S/C22H15F3N2O3S/c1-13-6-2-3-9-16(13)27-20(28)18(17-10-5-11-31-17)19(21(27)29)26-14-7-4-8-15(12-14)30-22(23,24)25/h2-12,26H,1H3. The highest BCUT2D eigenvalue weighted by Gasteiger charge is 2.41. The molecule has 1 aromatic heterocycles. The van der Waals surface area contributed by atoms with E-state index in [1.165, 1.54) is 23.5 Å². The van der Waals surface area contributed by atoms with E-state index in [2.05, 4.69) is 10.1 Å². The topological polar surface area (TPSA) is 58.6 Å². The summed E-state index contributed by atoms with van der Waals surface area (Å²) >= 11 is 1.28. The number of thiophene rings is 1. The predicted molar refractivity (Wildman–Crippen MR) is 112 cm³/mol. The van der Waals surface area contributed by atoms with Crippen molar-refractivity contribution in [2.24, 2.45) is 0 Å². The van der Waals surface area contributed by atoms with Crippen LogP contribution in [-0.2, 0) is 9.59 Å². The first kappa shape index (κ1) is 20.7. The SMILES string of the molecule is Cc1ccccc1N1C(=O)C(Nc2cccc(OC(F)(F)F)c2)=C(c2cccs2)C1=O. The first-order valence-electron chi connectivity index (χ1n) is 9.10. The fourth-order valence-corrected chi connectivity index (χ4v) is 4.01. The van der Waals surface area contributed by atoms with E-state index >= 15 is 0 Å². The van der Waals surface area contributed by atoms with Gasteiger partial charge in [0.25, 0.3) is 11.8 Å². The van der Waals surface area contributed by atoms with Crippen molar-refractivity contribution >= 4 is 40.1 Å². The van der Waals surface area contributed by atoms with E-state index in [-0.39, 0.29) is 17.0 Å². The monoisotopic (exact) mass is 444 g/mol. The molecule has 1 aliphatic rings. The number of carbonyl (C=O) groups is 2. The summed E-state index contributed by atoms with van der Waals surface area (Å²) in [6.45, 7) is 1.78. The summed E-state index contributed by atoms with van der Waals surface area (Å²) in [6.07, 6.45) is -4.85. The molecule has 0 fully saturated rings. The molecule has 3 aromatic rings. The average Bonchev–Trinajstić information content (AvgIpc) is 3.29. The normalized spacial score (nSPS) is 14.4. The number of carbonyl (C=O) groups excluding carboxylic acids is 2. The molecular weight excluding hydrogens is 429 g/mol. The molecule has 0 saturated heterocycles. The fraction of sp³-hybridized carbons (Fsp3) is 0.0909. The van der Waals surface area contributed by atoms with Gasteiger partial charge in [-0.15, -0.1) is 24.5 Å². The van der Waals surface area contributed by atoms with Crippen LogP contribution < -0.4 is 15.0 Å². The summed E-state index contributed by atoms with van der Waals surface area (Å²) in [6, 6.07) is 15.5. The van der Waals surface area contributed by atoms with Crippen LogP contribution in [0.5, 0.6) is 5.75 Å².